The summed E-state index contributed by atoms with van der Waals surface area (Å²) in [5.74, 6) is 4.08. The van der Waals surface area contributed by atoms with Gasteiger partial charge in [0, 0.05) is 30.8 Å². The number of carbonyl (C=O) groups excluding carboxylic acids is 2. The topological polar surface area (TPSA) is 78.4 Å². The largest absolute Gasteiger partial charge is 0.389 e. The summed E-state index contributed by atoms with van der Waals surface area (Å²) in [5.41, 5.74) is 0.395. The van der Waals surface area contributed by atoms with Crippen LogP contribution in [0.1, 0.15) is 39.0 Å². The number of nitrogens with one attached hydrogen (secondary N) is 2. The van der Waals surface area contributed by atoms with Crippen LogP contribution in [0.3, 0.4) is 0 Å². The summed E-state index contributed by atoms with van der Waals surface area (Å²) in [6, 6.07) is 0. The third kappa shape index (κ3) is 10.2. The number of aliphatic hydroxyl groups is 1. The molecule has 0 aliphatic heterocycles. The molecule has 7 heteroatoms. The molecule has 1 rings (SSSR count). The van der Waals surface area contributed by atoms with E-state index < -0.39 is 6.10 Å². The van der Waals surface area contributed by atoms with E-state index in [9.17, 15) is 14.7 Å². The molecule has 1 aliphatic carbocycles. The molecule has 3 N–H and O–H groups in total. The summed E-state index contributed by atoms with van der Waals surface area (Å²) in [7, 11) is 0. The maximum Gasteiger partial charge on any atom is 0.246 e. The van der Waals surface area contributed by atoms with Crippen LogP contribution in [0.4, 0.5) is 0 Å². The van der Waals surface area contributed by atoms with E-state index in [-0.39, 0.29) is 24.9 Å². The second-order valence-electron chi connectivity index (χ2n) is 6.85. The molecule has 0 aromatic rings. The Bertz CT molecular complexity index is 446. The Morgan fingerprint density at radius 3 is 2.64 bits per heavy atom. The normalized spacial score (nSPS) is 21.4. The van der Waals surface area contributed by atoms with Crippen molar-refractivity contribution in [3.8, 4) is 0 Å². The Balaban J connectivity index is 2.05. The van der Waals surface area contributed by atoms with E-state index in [1.807, 2.05) is 11.8 Å². The molecule has 1 aliphatic rings. The first-order chi connectivity index (χ1) is 11.9. The Labute approximate surface area is 161 Å². The van der Waals surface area contributed by atoms with Gasteiger partial charge in [0.1, 0.15) is 0 Å². The number of amides is 2. The summed E-state index contributed by atoms with van der Waals surface area (Å²) in [6.45, 7) is 5.38. The molecule has 0 bridgehead atoms. The van der Waals surface area contributed by atoms with Crippen molar-refractivity contribution in [2.45, 2.75) is 45.1 Å². The predicted octanol–water partition coefficient (Wildman–Crippen LogP) is 2.02. The first-order valence-electron chi connectivity index (χ1n) is 8.99. The van der Waals surface area contributed by atoms with Gasteiger partial charge in [0.25, 0.3) is 0 Å². The van der Waals surface area contributed by atoms with Gasteiger partial charge in [-0.25, -0.2) is 0 Å². The second-order valence-corrected chi connectivity index (χ2v) is 8.37. The number of carbonyl (C=O) groups is 2. The van der Waals surface area contributed by atoms with Crippen LogP contribution in [0.25, 0.3) is 0 Å². The van der Waals surface area contributed by atoms with Crippen LogP contribution < -0.4 is 10.6 Å². The van der Waals surface area contributed by atoms with E-state index in [0.29, 0.717) is 12.0 Å². The average molecular weight is 389 g/mol. The zero-order valence-corrected chi connectivity index (χ0v) is 16.8. The van der Waals surface area contributed by atoms with Crippen LogP contribution in [0.2, 0.25) is 0 Å². The molecule has 5 nitrogen and oxygen atoms in total. The van der Waals surface area contributed by atoms with Gasteiger partial charge >= 0.3 is 0 Å². The Morgan fingerprint density at radius 2 is 1.96 bits per heavy atom. The third-order valence-electron chi connectivity index (χ3n) is 4.40. The molecular weight excluding hydrogens is 356 g/mol. The Kier molecular flexibility index (Phi) is 11.3. The van der Waals surface area contributed by atoms with Gasteiger partial charge in [-0.15, -0.1) is 0 Å². The minimum Gasteiger partial charge on any atom is -0.389 e. The fraction of sp³-hybridized carbons (Fsp3) is 0.778. The van der Waals surface area contributed by atoms with E-state index in [1.165, 1.54) is 25.7 Å². The summed E-state index contributed by atoms with van der Waals surface area (Å²) in [6.07, 6.45) is 4.84. The Hall–Kier alpha value is -0.660. The van der Waals surface area contributed by atoms with Gasteiger partial charge in [-0.2, -0.15) is 24.4 Å². The van der Waals surface area contributed by atoms with Crippen molar-refractivity contribution >= 4 is 36.2 Å². The van der Waals surface area contributed by atoms with Crippen molar-refractivity contribution in [3.05, 3.63) is 12.2 Å². The number of aliphatic hydroxyl groups excluding tert-OH is 1. The van der Waals surface area contributed by atoms with Gasteiger partial charge in [-0.05, 0) is 49.5 Å². The van der Waals surface area contributed by atoms with Crippen molar-refractivity contribution in [1.82, 2.24) is 10.6 Å². The molecule has 3 atom stereocenters. The van der Waals surface area contributed by atoms with E-state index in [1.54, 1.807) is 6.92 Å². The van der Waals surface area contributed by atoms with Crippen molar-refractivity contribution in [2.75, 3.05) is 30.3 Å². The molecule has 0 aromatic heterocycles. The number of hydrogen-bond acceptors (Lipinski definition) is 5. The minimum atomic E-state index is -0.791. The maximum atomic E-state index is 11.8. The van der Waals surface area contributed by atoms with Crippen molar-refractivity contribution < 1.29 is 14.7 Å². The SMILES string of the molecule is C=C(C)C(=O)NCC(O)CNC(=O)CCSCC1CCCC(CS)C1. The zero-order valence-electron chi connectivity index (χ0n) is 15.1. The molecule has 0 aromatic carbocycles. The highest BCUT2D eigenvalue weighted by Gasteiger charge is 2.20. The zero-order chi connectivity index (χ0) is 18.7. The van der Waals surface area contributed by atoms with Crippen LogP contribution in [-0.2, 0) is 9.59 Å². The molecule has 3 unspecified atom stereocenters. The van der Waals surface area contributed by atoms with Crippen LogP contribution in [0.15, 0.2) is 12.2 Å². The molecule has 2 amide bonds. The summed E-state index contributed by atoms with van der Waals surface area (Å²) < 4.78 is 0. The van der Waals surface area contributed by atoms with E-state index in [0.717, 1.165) is 29.1 Å². The quantitative estimate of drug-likeness (QED) is 0.248. The molecule has 144 valence electrons. The minimum absolute atomic E-state index is 0.0605. The first kappa shape index (κ1) is 22.4. The third-order valence-corrected chi connectivity index (χ3v) is 6.11. The van der Waals surface area contributed by atoms with Crippen LogP contribution in [-0.4, -0.2) is 53.4 Å². The van der Waals surface area contributed by atoms with Gasteiger partial charge in [0.2, 0.25) is 11.8 Å². The van der Waals surface area contributed by atoms with Crippen molar-refractivity contribution in [2.24, 2.45) is 11.8 Å². The molecule has 0 radical (unpaired) electrons. The molecule has 0 saturated heterocycles. The summed E-state index contributed by atoms with van der Waals surface area (Å²) in [4.78, 5) is 23.1. The molecule has 0 spiro atoms. The van der Waals surface area contributed by atoms with Gasteiger partial charge in [-0.1, -0.05) is 13.0 Å². The number of thioether (sulfide) groups is 1. The fourth-order valence-corrected chi connectivity index (χ4v) is 4.35. The van der Waals surface area contributed by atoms with E-state index in [4.69, 9.17) is 0 Å². The molecule has 1 saturated carbocycles. The fourth-order valence-electron chi connectivity index (χ4n) is 2.89. The number of hydrogen-bond donors (Lipinski definition) is 4. The maximum absolute atomic E-state index is 11.8. The van der Waals surface area contributed by atoms with E-state index in [2.05, 4.69) is 29.8 Å². The molecule has 0 heterocycles. The summed E-state index contributed by atoms with van der Waals surface area (Å²) in [5, 5.41) is 15.0. The average Bonchev–Trinajstić information content (AvgIpc) is 2.61. The molecular formula is C18H32N2O3S2. The highest BCUT2D eigenvalue weighted by molar-refractivity contribution is 7.99. The highest BCUT2D eigenvalue weighted by Crippen LogP contribution is 2.31. The van der Waals surface area contributed by atoms with Gasteiger partial charge in [0.05, 0.1) is 6.10 Å². The van der Waals surface area contributed by atoms with Crippen LogP contribution in [0, 0.1) is 11.8 Å². The standard InChI is InChI=1S/C18H32N2O3S2/c1-13(2)18(23)20-10-16(21)9-19-17(22)6-7-25-12-15-5-3-4-14(8-15)11-24/h14-16,21,24H,1,3-12H2,2H3,(H,19,22)(H,20,23). The Morgan fingerprint density at radius 1 is 1.28 bits per heavy atom. The number of thiol groups is 1. The lowest BCUT2D eigenvalue weighted by atomic mass is 9.83. The van der Waals surface area contributed by atoms with Gasteiger partial charge in [0.15, 0.2) is 0 Å². The first-order valence-corrected chi connectivity index (χ1v) is 10.8. The van der Waals surface area contributed by atoms with Gasteiger partial charge < -0.3 is 15.7 Å². The lowest BCUT2D eigenvalue weighted by Gasteiger charge is -2.27. The molecule has 25 heavy (non-hydrogen) atoms. The lowest BCUT2D eigenvalue weighted by Crippen LogP contribution is -2.40. The highest BCUT2D eigenvalue weighted by atomic mass is 32.2. The van der Waals surface area contributed by atoms with Crippen LogP contribution in [0.5, 0.6) is 0 Å². The predicted molar refractivity (Wildman–Crippen MR) is 108 cm³/mol. The number of rotatable bonds is 11. The van der Waals surface area contributed by atoms with Crippen LogP contribution >= 0.6 is 24.4 Å². The lowest BCUT2D eigenvalue weighted by molar-refractivity contribution is -0.121. The van der Waals surface area contributed by atoms with Crippen molar-refractivity contribution in [1.29, 1.82) is 0 Å². The summed E-state index contributed by atoms with van der Waals surface area (Å²) >= 11 is 6.25. The monoisotopic (exact) mass is 388 g/mol. The van der Waals surface area contributed by atoms with Crippen molar-refractivity contribution in [3.63, 3.8) is 0 Å². The van der Waals surface area contributed by atoms with E-state index >= 15 is 0 Å². The molecule has 1 fully saturated rings. The smallest absolute Gasteiger partial charge is 0.246 e. The second kappa shape index (κ2) is 12.7. The van der Waals surface area contributed by atoms with Gasteiger partial charge in [-0.3, -0.25) is 9.59 Å².